The molecule has 1 aliphatic rings. The number of rotatable bonds is 3. The Morgan fingerprint density at radius 1 is 1.32 bits per heavy atom. The average molecular weight is 258 g/mol. The van der Waals surface area contributed by atoms with Crippen LogP contribution < -0.4 is 0 Å². The van der Waals surface area contributed by atoms with Gasteiger partial charge < -0.3 is 4.74 Å². The Kier molecular flexibility index (Phi) is 4.31. The SMILES string of the molecule is C[C@@H]1CN(CC(=O)c2ccc(C#N)cc2)C[C@H](C)O1. The highest BCUT2D eigenvalue weighted by molar-refractivity contribution is 5.97. The lowest BCUT2D eigenvalue weighted by molar-refractivity contribution is -0.0652. The van der Waals surface area contributed by atoms with Crippen molar-refractivity contribution in [3.8, 4) is 6.07 Å². The predicted molar refractivity (Wildman–Crippen MR) is 71.9 cm³/mol. The highest BCUT2D eigenvalue weighted by Gasteiger charge is 2.23. The number of hydrogen-bond donors (Lipinski definition) is 0. The normalized spacial score (nSPS) is 23.8. The van der Waals surface area contributed by atoms with Gasteiger partial charge in [0.2, 0.25) is 0 Å². The van der Waals surface area contributed by atoms with Crippen molar-refractivity contribution >= 4 is 5.78 Å². The van der Waals surface area contributed by atoms with Gasteiger partial charge in [0.25, 0.3) is 0 Å². The number of nitrogens with zero attached hydrogens (tertiary/aromatic N) is 2. The van der Waals surface area contributed by atoms with Crippen LogP contribution in [0.3, 0.4) is 0 Å². The molecule has 2 rings (SSSR count). The molecular formula is C15H18N2O2. The van der Waals surface area contributed by atoms with Gasteiger partial charge in [-0.3, -0.25) is 9.69 Å². The van der Waals surface area contributed by atoms with Crippen molar-refractivity contribution in [3.05, 3.63) is 35.4 Å². The Labute approximate surface area is 113 Å². The van der Waals surface area contributed by atoms with Crippen molar-refractivity contribution in [1.82, 2.24) is 4.90 Å². The number of Topliss-reactive ketones (excluding diaryl/α,β-unsaturated/α-hetero) is 1. The van der Waals surface area contributed by atoms with Gasteiger partial charge in [-0.05, 0) is 26.0 Å². The van der Waals surface area contributed by atoms with Gasteiger partial charge in [0, 0.05) is 18.7 Å². The first-order valence-electron chi connectivity index (χ1n) is 6.49. The summed E-state index contributed by atoms with van der Waals surface area (Å²) in [6.07, 6.45) is 0.329. The molecule has 0 unspecified atom stereocenters. The maximum Gasteiger partial charge on any atom is 0.176 e. The summed E-state index contributed by atoms with van der Waals surface area (Å²) in [4.78, 5) is 14.3. The fraction of sp³-hybridized carbons (Fsp3) is 0.467. The molecule has 4 nitrogen and oxygen atoms in total. The maximum atomic E-state index is 12.2. The topological polar surface area (TPSA) is 53.3 Å². The van der Waals surface area contributed by atoms with Gasteiger partial charge in [-0.1, -0.05) is 12.1 Å². The summed E-state index contributed by atoms with van der Waals surface area (Å²) in [5.74, 6) is 0.0887. The van der Waals surface area contributed by atoms with Gasteiger partial charge in [0.05, 0.1) is 30.4 Å². The first kappa shape index (κ1) is 13.7. The fourth-order valence-electron chi connectivity index (χ4n) is 2.44. The van der Waals surface area contributed by atoms with E-state index < -0.39 is 0 Å². The molecular weight excluding hydrogens is 240 g/mol. The summed E-state index contributed by atoms with van der Waals surface area (Å²) in [6, 6.07) is 8.84. The summed E-state index contributed by atoms with van der Waals surface area (Å²) < 4.78 is 5.64. The number of nitriles is 1. The van der Waals surface area contributed by atoms with E-state index in [1.54, 1.807) is 24.3 Å². The largest absolute Gasteiger partial charge is 0.373 e. The third kappa shape index (κ3) is 3.63. The quantitative estimate of drug-likeness (QED) is 0.776. The van der Waals surface area contributed by atoms with Crippen LogP contribution in [0.1, 0.15) is 29.8 Å². The lowest BCUT2D eigenvalue weighted by Gasteiger charge is -2.34. The van der Waals surface area contributed by atoms with E-state index in [1.165, 1.54) is 0 Å². The molecule has 1 aliphatic heterocycles. The summed E-state index contributed by atoms with van der Waals surface area (Å²) in [7, 11) is 0. The minimum absolute atomic E-state index is 0.0887. The lowest BCUT2D eigenvalue weighted by atomic mass is 10.1. The molecule has 0 aromatic heterocycles. The zero-order chi connectivity index (χ0) is 13.8. The van der Waals surface area contributed by atoms with E-state index >= 15 is 0 Å². The first-order chi connectivity index (χ1) is 9.08. The van der Waals surface area contributed by atoms with E-state index in [0.29, 0.717) is 17.7 Å². The monoisotopic (exact) mass is 258 g/mol. The Morgan fingerprint density at radius 2 is 1.89 bits per heavy atom. The third-order valence-corrected chi connectivity index (χ3v) is 3.20. The van der Waals surface area contributed by atoms with E-state index in [2.05, 4.69) is 4.90 Å². The summed E-state index contributed by atoms with van der Waals surface area (Å²) in [5, 5.41) is 8.73. The molecule has 4 heteroatoms. The van der Waals surface area contributed by atoms with Crippen molar-refractivity contribution in [2.75, 3.05) is 19.6 Å². The number of ether oxygens (including phenoxy) is 1. The smallest absolute Gasteiger partial charge is 0.176 e. The minimum atomic E-state index is 0.0887. The first-order valence-corrected chi connectivity index (χ1v) is 6.49. The van der Waals surface area contributed by atoms with E-state index in [0.717, 1.165) is 13.1 Å². The van der Waals surface area contributed by atoms with Crippen LogP contribution in [0.25, 0.3) is 0 Å². The van der Waals surface area contributed by atoms with Gasteiger partial charge >= 0.3 is 0 Å². The fourth-order valence-corrected chi connectivity index (χ4v) is 2.44. The number of carbonyl (C=O) groups excluding carboxylic acids is 1. The molecule has 0 bridgehead atoms. The molecule has 0 saturated carbocycles. The molecule has 0 radical (unpaired) electrons. The highest BCUT2D eigenvalue weighted by atomic mass is 16.5. The Morgan fingerprint density at radius 3 is 2.42 bits per heavy atom. The highest BCUT2D eigenvalue weighted by Crippen LogP contribution is 2.12. The van der Waals surface area contributed by atoms with Crippen molar-refractivity contribution < 1.29 is 9.53 Å². The van der Waals surface area contributed by atoms with Gasteiger partial charge in [0.1, 0.15) is 0 Å². The van der Waals surface area contributed by atoms with Gasteiger partial charge in [-0.2, -0.15) is 5.26 Å². The van der Waals surface area contributed by atoms with Crippen LogP contribution in [-0.4, -0.2) is 42.5 Å². The number of benzene rings is 1. The molecule has 1 aromatic carbocycles. The molecule has 1 fully saturated rings. The minimum Gasteiger partial charge on any atom is -0.373 e. The molecule has 1 heterocycles. The van der Waals surface area contributed by atoms with Gasteiger partial charge in [0.15, 0.2) is 5.78 Å². The van der Waals surface area contributed by atoms with Crippen LogP contribution in [-0.2, 0) is 4.74 Å². The molecule has 0 amide bonds. The van der Waals surface area contributed by atoms with Crippen molar-refractivity contribution in [2.24, 2.45) is 0 Å². The van der Waals surface area contributed by atoms with E-state index in [9.17, 15) is 4.79 Å². The number of hydrogen-bond acceptors (Lipinski definition) is 4. The van der Waals surface area contributed by atoms with Crippen molar-refractivity contribution in [1.29, 1.82) is 5.26 Å². The van der Waals surface area contributed by atoms with Gasteiger partial charge in [-0.15, -0.1) is 0 Å². The summed E-state index contributed by atoms with van der Waals surface area (Å²) in [6.45, 7) is 6.02. The second kappa shape index (κ2) is 5.96. The summed E-state index contributed by atoms with van der Waals surface area (Å²) in [5.41, 5.74) is 1.23. The Hall–Kier alpha value is -1.70. The number of morpholine rings is 1. The molecule has 0 N–H and O–H groups in total. The van der Waals surface area contributed by atoms with Crippen LogP contribution in [0.2, 0.25) is 0 Å². The lowest BCUT2D eigenvalue weighted by Crippen LogP contribution is -2.47. The maximum absolute atomic E-state index is 12.2. The average Bonchev–Trinajstić information content (AvgIpc) is 2.37. The number of carbonyl (C=O) groups is 1. The van der Waals surface area contributed by atoms with Crippen LogP contribution >= 0.6 is 0 Å². The van der Waals surface area contributed by atoms with Crippen molar-refractivity contribution in [2.45, 2.75) is 26.1 Å². The van der Waals surface area contributed by atoms with E-state index in [4.69, 9.17) is 10.00 Å². The standard InChI is InChI=1S/C15H18N2O2/c1-11-8-17(9-12(2)19-11)10-15(18)14-5-3-13(7-16)4-6-14/h3-6,11-12H,8-10H2,1-2H3/t11-,12+. The molecule has 2 atom stereocenters. The van der Waals surface area contributed by atoms with E-state index in [-0.39, 0.29) is 18.0 Å². The molecule has 100 valence electrons. The molecule has 0 aliphatic carbocycles. The van der Waals surface area contributed by atoms with Crippen LogP contribution in [0, 0.1) is 11.3 Å². The van der Waals surface area contributed by atoms with Crippen LogP contribution in [0.15, 0.2) is 24.3 Å². The van der Waals surface area contributed by atoms with Crippen molar-refractivity contribution in [3.63, 3.8) is 0 Å². The van der Waals surface area contributed by atoms with Gasteiger partial charge in [-0.25, -0.2) is 0 Å². The second-order valence-corrected chi connectivity index (χ2v) is 5.06. The Bertz CT molecular complexity index is 480. The molecule has 1 saturated heterocycles. The molecule has 0 spiro atoms. The molecule has 19 heavy (non-hydrogen) atoms. The third-order valence-electron chi connectivity index (χ3n) is 3.20. The molecule has 1 aromatic rings. The summed E-state index contributed by atoms with van der Waals surface area (Å²) >= 11 is 0. The zero-order valence-electron chi connectivity index (χ0n) is 11.3. The number of ketones is 1. The predicted octanol–water partition coefficient (Wildman–Crippen LogP) is 1.85. The second-order valence-electron chi connectivity index (χ2n) is 5.06. The zero-order valence-corrected chi connectivity index (χ0v) is 11.3. The van der Waals surface area contributed by atoms with E-state index in [1.807, 2.05) is 19.9 Å². The Balaban J connectivity index is 1.98. The van der Waals surface area contributed by atoms with Crippen LogP contribution in [0.4, 0.5) is 0 Å². The van der Waals surface area contributed by atoms with Crippen LogP contribution in [0.5, 0.6) is 0 Å².